The third-order valence-corrected chi connectivity index (χ3v) is 6.47. The normalized spacial score (nSPS) is 14.1. The van der Waals surface area contributed by atoms with Crippen LogP contribution in [0, 0.1) is 13.8 Å². The number of benzene rings is 2. The van der Waals surface area contributed by atoms with E-state index in [0.29, 0.717) is 17.5 Å². The van der Waals surface area contributed by atoms with E-state index in [0.717, 1.165) is 34.4 Å². The molecule has 164 valence electrons. The van der Waals surface area contributed by atoms with Crippen LogP contribution < -0.4 is 9.80 Å². The second-order valence-corrected chi connectivity index (χ2v) is 9.49. The number of aryl methyl sites for hydroxylation is 2. The van der Waals surface area contributed by atoms with E-state index in [1.54, 1.807) is 0 Å². The van der Waals surface area contributed by atoms with Crippen LogP contribution in [-0.4, -0.2) is 11.7 Å². The van der Waals surface area contributed by atoms with Crippen LogP contribution in [0.4, 0.5) is 11.4 Å². The smallest absolute Gasteiger partial charge is 0.227 e. The quantitative estimate of drug-likeness (QED) is 0.337. The highest BCUT2D eigenvalue weighted by atomic mass is 16.3. The molecule has 5 rings (SSSR count). The van der Waals surface area contributed by atoms with Gasteiger partial charge in [0, 0.05) is 34.6 Å². The molecule has 2 aromatic heterocycles. The van der Waals surface area contributed by atoms with Gasteiger partial charge in [-0.25, -0.2) is 4.98 Å². The van der Waals surface area contributed by atoms with Crippen molar-refractivity contribution in [2.24, 2.45) is 0 Å². The lowest BCUT2D eigenvalue weighted by molar-refractivity contribution is 0.651. The summed E-state index contributed by atoms with van der Waals surface area (Å²) >= 11 is 0. The van der Waals surface area contributed by atoms with Crippen molar-refractivity contribution in [3.8, 4) is 0 Å². The van der Waals surface area contributed by atoms with Crippen molar-refractivity contribution in [3.05, 3.63) is 77.2 Å². The van der Waals surface area contributed by atoms with Gasteiger partial charge in [0.05, 0.1) is 12.4 Å². The summed E-state index contributed by atoms with van der Waals surface area (Å²) in [5.74, 6) is 0.919. The molecule has 0 saturated heterocycles. The summed E-state index contributed by atoms with van der Waals surface area (Å²) in [4.78, 5) is 9.30. The first kappa shape index (κ1) is 20.6. The third kappa shape index (κ3) is 3.26. The van der Waals surface area contributed by atoms with E-state index < -0.39 is 0 Å². The molecule has 2 aromatic carbocycles. The zero-order valence-corrected chi connectivity index (χ0v) is 19.8. The van der Waals surface area contributed by atoms with Gasteiger partial charge in [0.15, 0.2) is 5.58 Å². The Morgan fingerprint density at radius 2 is 1.41 bits per heavy atom. The Kier molecular flexibility index (Phi) is 4.96. The maximum absolute atomic E-state index is 6.32. The first-order chi connectivity index (χ1) is 15.3. The van der Waals surface area contributed by atoms with Crippen LogP contribution in [0.15, 0.2) is 59.3 Å². The van der Waals surface area contributed by atoms with Gasteiger partial charge in [0.2, 0.25) is 5.71 Å². The van der Waals surface area contributed by atoms with E-state index in [1.165, 1.54) is 22.4 Å². The lowest BCUT2D eigenvalue weighted by atomic mass is 9.92. The van der Waals surface area contributed by atoms with E-state index in [1.807, 2.05) is 13.0 Å². The Bertz CT molecular complexity index is 1320. The van der Waals surface area contributed by atoms with Crippen LogP contribution in [0.5, 0.6) is 0 Å². The number of hydrogen-bond donors (Lipinski definition) is 0. The fourth-order valence-corrected chi connectivity index (χ4v) is 4.81. The number of aromatic nitrogens is 1. The molecule has 0 bridgehead atoms. The minimum absolute atomic E-state index is 0.459. The first-order valence-corrected chi connectivity index (χ1v) is 11.5. The number of pyridine rings is 1. The second kappa shape index (κ2) is 7.70. The minimum Gasteiger partial charge on any atom is -0.435 e. The molecule has 0 amide bonds. The zero-order valence-electron chi connectivity index (χ0n) is 19.8. The fourth-order valence-electron chi connectivity index (χ4n) is 4.81. The molecular weight excluding hydrogens is 394 g/mol. The Balaban J connectivity index is 1.60. The van der Waals surface area contributed by atoms with Crippen molar-refractivity contribution in [1.29, 1.82) is 0 Å². The van der Waals surface area contributed by atoms with Crippen molar-refractivity contribution < 1.29 is 4.42 Å². The average molecular weight is 426 g/mol. The standard InChI is InChI=1S/C28H31N3O/c1-17(2)21-8-7-9-22(18(3)4)26(21)31-15-14-30(16-31)25-19(5)10-12-23-24-13-11-20(6)29-28(24)32-27(23)25/h7-15,17-18H,16H2,1-6H3. The SMILES string of the molecule is Cc1ccc2c(n1)oc1c(N3C=CN(c4c(C(C)C)cccc4C(C)C)C3)c(C)ccc12. The summed E-state index contributed by atoms with van der Waals surface area (Å²) < 4.78 is 6.32. The topological polar surface area (TPSA) is 32.5 Å². The van der Waals surface area contributed by atoms with Crippen LogP contribution in [0.25, 0.3) is 22.1 Å². The summed E-state index contributed by atoms with van der Waals surface area (Å²) in [5, 5.41) is 2.18. The number of para-hydroxylation sites is 1. The predicted molar refractivity (Wildman–Crippen MR) is 135 cm³/mol. The molecule has 32 heavy (non-hydrogen) atoms. The van der Waals surface area contributed by atoms with Gasteiger partial charge in [-0.1, -0.05) is 58.0 Å². The number of anilines is 2. The molecule has 0 N–H and O–H groups in total. The van der Waals surface area contributed by atoms with Crippen LogP contribution in [0.3, 0.4) is 0 Å². The number of furan rings is 1. The highest BCUT2D eigenvalue weighted by molar-refractivity contribution is 6.08. The minimum atomic E-state index is 0.459. The average Bonchev–Trinajstić information content (AvgIpc) is 3.37. The van der Waals surface area contributed by atoms with E-state index in [4.69, 9.17) is 4.42 Å². The summed E-state index contributed by atoms with van der Waals surface area (Å²) in [6.45, 7) is 14.0. The van der Waals surface area contributed by atoms with Gasteiger partial charge >= 0.3 is 0 Å². The van der Waals surface area contributed by atoms with Gasteiger partial charge in [0.1, 0.15) is 0 Å². The molecule has 0 fully saturated rings. The molecule has 0 saturated carbocycles. The van der Waals surface area contributed by atoms with Gasteiger partial charge in [-0.2, -0.15) is 0 Å². The molecule has 0 unspecified atom stereocenters. The largest absolute Gasteiger partial charge is 0.435 e. The van der Waals surface area contributed by atoms with Crippen molar-refractivity contribution >= 4 is 33.4 Å². The summed E-state index contributed by atoms with van der Waals surface area (Å²) in [6, 6.07) is 15.2. The Labute approximate surface area is 190 Å². The Hall–Kier alpha value is -3.27. The van der Waals surface area contributed by atoms with Crippen LogP contribution >= 0.6 is 0 Å². The molecule has 4 heteroatoms. The highest BCUT2D eigenvalue weighted by Crippen LogP contribution is 2.41. The fraction of sp³-hybridized carbons (Fsp3) is 0.321. The lowest BCUT2D eigenvalue weighted by Gasteiger charge is -2.28. The molecule has 1 aliphatic heterocycles. The van der Waals surface area contributed by atoms with Crippen molar-refractivity contribution in [3.63, 3.8) is 0 Å². The number of fused-ring (bicyclic) bond motifs is 3. The molecule has 0 aliphatic carbocycles. The zero-order chi connectivity index (χ0) is 22.6. The molecule has 4 nitrogen and oxygen atoms in total. The predicted octanol–water partition coefficient (Wildman–Crippen LogP) is 7.60. The van der Waals surface area contributed by atoms with E-state index in [2.05, 4.69) is 98.2 Å². The first-order valence-electron chi connectivity index (χ1n) is 11.5. The Morgan fingerprint density at radius 1 is 0.781 bits per heavy atom. The van der Waals surface area contributed by atoms with Crippen molar-refractivity contribution in [2.75, 3.05) is 16.5 Å². The number of hydrogen-bond acceptors (Lipinski definition) is 4. The molecule has 0 radical (unpaired) electrons. The third-order valence-electron chi connectivity index (χ3n) is 6.47. The maximum Gasteiger partial charge on any atom is 0.227 e. The molecular formula is C28H31N3O. The van der Waals surface area contributed by atoms with E-state index in [-0.39, 0.29) is 0 Å². The summed E-state index contributed by atoms with van der Waals surface area (Å²) in [7, 11) is 0. The van der Waals surface area contributed by atoms with Crippen molar-refractivity contribution in [2.45, 2.75) is 53.4 Å². The van der Waals surface area contributed by atoms with Gasteiger partial charge in [-0.05, 0) is 54.5 Å². The molecule has 0 atom stereocenters. The molecule has 0 spiro atoms. The van der Waals surface area contributed by atoms with Crippen LogP contribution in [0.1, 0.15) is 61.9 Å². The molecule has 1 aliphatic rings. The lowest BCUT2D eigenvalue weighted by Crippen LogP contribution is -2.27. The van der Waals surface area contributed by atoms with E-state index in [9.17, 15) is 0 Å². The van der Waals surface area contributed by atoms with Gasteiger partial charge in [0.25, 0.3) is 0 Å². The van der Waals surface area contributed by atoms with Crippen molar-refractivity contribution in [1.82, 2.24) is 4.98 Å². The molecule has 4 aromatic rings. The van der Waals surface area contributed by atoms with Crippen LogP contribution in [-0.2, 0) is 0 Å². The maximum atomic E-state index is 6.32. The highest BCUT2D eigenvalue weighted by Gasteiger charge is 2.26. The monoisotopic (exact) mass is 425 g/mol. The molecule has 3 heterocycles. The van der Waals surface area contributed by atoms with Gasteiger partial charge in [-0.15, -0.1) is 0 Å². The van der Waals surface area contributed by atoms with Crippen LogP contribution in [0.2, 0.25) is 0 Å². The van der Waals surface area contributed by atoms with Gasteiger partial charge < -0.3 is 14.2 Å². The summed E-state index contributed by atoms with van der Waals surface area (Å²) in [5.41, 5.74) is 9.01. The van der Waals surface area contributed by atoms with E-state index >= 15 is 0 Å². The van der Waals surface area contributed by atoms with Gasteiger partial charge in [-0.3, -0.25) is 0 Å². The number of rotatable bonds is 4. The second-order valence-electron chi connectivity index (χ2n) is 9.49. The Morgan fingerprint density at radius 3 is 2.06 bits per heavy atom. The summed E-state index contributed by atoms with van der Waals surface area (Å²) in [6.07, 6.45) is 4.38. The number of nitrogens with zero attached hydrogens (tertiary/aromatic N) is 3.